The molecule has 3 heteroatoms. The smallest absolute Gasteiger partial charge is 0.0708 e. The van der Waals surface area contributed by atoms with Crippen molar-refractivity contribution in [1.82, 2.24) is 10.3 Å². The first-order chi connectivity index (χ1) is 8.74. The van der Waals surface area contributed by atoms with E-state index < -0.39 is 0 Å². The summed E-state index contributed by atoms with van der Waals surface area (Å²) < 4.78 is 0. The summed E-state index contributed by atoms with van der Waals surface area (Å²) in [6.45, 7) is 5.03. The third-order valence-electron chi connectivity index (χ3n) is 3.22. The lowest BCUT2D eigenvalue weighted by Gasteiger charge is -2.15. The lowest BCUT2D eigenvalue weighted by Crippen LogP contribution is -2.31. The molecule has 3 nitrogen and oxygen atoms in total. The molecule has 2 aromatic rings. The van der Waals surface area contributed by atoms with Crippen LogP contribution in [0, 0.1) is 6.92 Å². The molecule has 0 aliphatic rings. The highest BCUT2D eigenvalue weighted by Crippen LogP contribution is 2.18. The van der Waals surface area contributed by atoms with Crippen molar-refractivity contribution >= 4 is 10.9 Å². The molecule has 0 spiro atoms. The molecule has 1 aromatic carbocycles. The topological polar surface area (TPSA) is 45.1 Å². The van der Waals surface area contributed by atoms with Crippen LogP contribution in [-0.4, -0.2) is 22.7 Å². The molecule has 1 heterocycles. The van der Waals surface area contributed by atoms with Gasteiger partial charge in [0, 0.05) is 23.7 Å². The Labute approximate surface area is 108 Å². The van der Waals surface area contributed by atoms with Crippen LogP contribution < -0.4 is 5.32 Å². The zero-order valence-electron chi connectivity index (χ0n) is 11.0. The van der Waals surface area contributed by atoms with E-state index in [1.807, 2.05) is 25.1 Å². The third kappa shape index (κ3) is 2.86. The third-order valence-corrected chi connectivity index (χ3v) is 3.22. The number of aliphatic hydroxyl groups excluding tert-OH is 1. The fraction of sp³-hybridized carbons (Fsp3) is 0.400. The number of hydrogen-bond acceptors (Lipinski definition) is 3. The first kappa shape index (κ1) is 13.0. The number of para-hydroxylation sites is 1. The monoisotopic (exact) mass is 244 g/mol. The molecule has 0 aliphatic heterocycles. The maximum Gasteiger partial charge on any atom is 0.0708 e. The predicted molar refractivity (Wildman–Crippen MR) is 74.5 cm³/mol. The second-order valence-corrected chi connectivity index (χ2v) is 4.61. The van der Waals surface area contributed by atoms with Gasteiger partial charge in [-0.1, -0.05) is 25.1 Å². The minimum atomic E-state index is 0.164. The first-order valence-electron chi connectivity index (χ1n) is 6.44. The van der Waals surface area contributed by atoms with E-state index >= 15 is 0 Å². The van der Waals surface area contributed by atoms with Crippen molar-refractivity contribution in [3.05, 3.63) is 41.6 Å². The Balaban J connectivity index is 2.26. The van der Waals surface area contributed by atoms with E-state index in [-0.39, 0.29) is 12.6 Å². The van der Waals surface area contributed by atoms with Gasteiger partial charge >= 0.3 is 0 Å². The highest BCUT2D eigenvalue weighted by Gasteiger charge is 2.07. The van der Waals surface area contributed by atoms with Gasteiger partial charge in [-0.05, 0) is 31.0 Å². The zero-order chi connectivity index (χ0) is 13.0. The van der Waals surface area contributed by atoms with Crippen molar-refractivity contribution in [3.63, 3.8) is 0 Å². The number of benzene rings is 1. The van der Waals surface area contributed by atoms with Gasteiger partial charge in [-0.3, -0.25) is 4.98 Å². The summed E-state index contributed by atoms with van der Waals surface area (Å²) in [7, 11) is 0. The maximum absolute atomic E-state index is 9.20. The maximum atomic E-state index is 9.20. The predicted octanol–water partition coefficient (Wildman–Crippen LogP) is 2.40. The molecule has 18 heavy (non-hydrogen) atoms. The van der Waals surface area contributed by atoms with Crippen LogP contribution in [0.2, 0.25) is 0 Å². The van der Waals surface area contributed by atoms with Crippen molar-refractivity contribution in [2.45, 2.75) is 32.9 Å². The fourth-order valence-corrected chi connectivity index (χ4v) is 2.13. The highest BCUT2D eigenvalue weighted by atomic mass is 16.3. The Hall–Kier alpha value is -1.45. The molecule has 0 saturated carbocycles. The molecule has 1 atom stereocenters. The number of nitrogens with one attached hydrogen (secondary N) is 1. The van der Waals surface area contributed by atoms with Gasteiger partial charge in [-0.2, -0.15) is 0 Å². The Kier molecular flexibility index (Phi) is 4.28. The van der Waals surface area contributed by atoms with Crippen LogP contribution in [0.5, 0.6) is 0 Å². The van der Waals surface area contributed by atoms with Crippen molar-refractivity contribution in [2.75, 3.05) is 6.61 Å². The lowest BCUT2D eigenvalue weighted by molar-refractivity contribution is 0.238. The Morgan fingerprint density at radius 2 is 2.11 bits per heavy atom. The summed E-state index contributed by atoms with van der Waals surface area (Å²) in [6, 6.07) is 10.4. The fourth-order valence-electron chi connectivity index (χ4n) is 2.13. The quantitative estimate of drug-likeness (QED) is 0.849. The highest BCUT2D eigenvalue weighted by molar-refractivity contribution is 5.82. The molecule has 0 radical (unpaired) electrons. The van der Waals surface area contributed by atoms with E-state index in [0.717, 1.165) is 24.2 Å². The average molecular weight is 244 g/mol. The van der Waals surface area contributed by atoms with Crippen LogP contribution >= 0.6 is 0 Å². The summed E-state index contributed by atoms with van der Waals surface area (Å²) >= 11 is 0. The summed E-state index contributed by atoms with van der Waals surface area (Å²) in [6.07, 6.45) is 0.929. The number of hydrogen-bond donors (Lipinski definition) is 2. The van der Waals surface area contributed by atoms with Crippen LogP contribution in [0.15, 0.2) is 30.3 Å². The van der Waals surface area contributed by atoms with Crippen molar-refractivity contribution in [2.24, 2.45) is 0 Å². The summed E-state index contributed by atoms with van der Waals surface area (Å²) in [5, 5.41) is 13.8. The van der Waals surface area contributed by atoms with Crippen molar-refractivity contribution < 1.29 is 5.11 Å². The number of nitrogens with zero attached hydrogens (tertiary/aromatic N) is 1. The van der Waals surface area contributed by atoms with Crippen LogP contribution in [0.25, 0.3) is 10.9 Å². The molecule has 0 unspecified atom stereocenters. The molecular formula is C15H20N2O. The van der Waals surface area contributed by atoms with Crippen LogP contribution in [0.4, 0.5) is 0 Å². The van der Waals surface area contributed by atoms with Crippen LogP contribution in [0.3, 0.4) is 0 Å². The van der Waals surface area contributed by atoms with Crippen molar-refractivity contribution in [3.8, 4) is 0 Å². The second-order valence-electron chi connectivity index (χ2n) is 4.61. The van der Waals surface area contributed by atoms with E-state index in [9.17, 15) is 5.11 Å². The first-order valence-corrected chi connectivity index (χ1v) is 6.44. The standard InChI is InChI=1S/C15H20N2O/c1-3-13(10-18)16-9-12-8-11(2)17-15-7-5-4-6-14(12)15/h4-8,13,16,18H,3,9-10H2,1-2H3/t13-/m0/s1. The van der Waals surface area contributed by atoms with E-state index in [4.69, 9.17) is 0 Å². The van der Waals surface area contributed by atoms with E-state index in [1.165, 1.54) is 10.9 Å². The molecule has 0 bridgehead atoms. The molecule has 0 fully saturated rings. The molecule has 0 amide bonds. The molecule has 2 N–H and O–H groups in total. The van der Waals surface area contributed by atoms with Crippen LogP contribution in [0.1, 0.15) is 24.6 Å². The van der Waals surface area contributed by atoms with Crippen molar-refractivity contribution in [1.29, 1.82) is 0 Å². The number of aryl methyl sites for hydroxylation is 1. The Morgan fingerprint density at radius 1 is 1.33 bits per heavy atom. The van der Waals surface area contributed by atoms with Gasteiger partial charge in [0.1, 0.15) is 0 Å². The zero-order valence-corrected chi connectivity index (χ0v) is 11.0. The van der Waals surface area contributed by atoms with Gasteiger partial charge < -0.3 is 10.4 Å². The summed E-state index contributed by atoms with van der Waals surface area (Å²) in [5.41, 5.74) is 3.30. The molecule has 1 aromatic heterocycles. The van der Waals surface area contributed by atoms with E-state index in [2.05, 4.69) is 29.4 Å². The van der Waals surface area contributed by atoms with E-state index in [0.29, 0.717) is 0 Å². The molecular weight excluding hydrogens is 224 g/mol. The number of pyridine rings is 1. The van der Waals surface area contributed by atoms with Gasteiger partial charge in [-0.25, -0.2) is 0 Å². The lowest BCUT2D eigenvalue weighted by atomic mass is 10.1. The SMILES string of the molecule is CC[C@@H](CO)NCc1cc(C)nc2ccccc12. The van der Waals surface area contributed by atoms with Gasteiger partial charge in [0.15, 0.2) is 0 Å². The van der Waals surface area contributed by atoms with E-state index in [1.54, 1.807) is 0 Å². The van der Waals surface area contributed by atoms with Gasteiger partial charge in [0.25, 0.3) is 0 Å². The van der Waals surface area contributed by atoms with Gasteiger partial charge in [-0.15, -0.1) is 0 Å². The number of aromatic nitrogens is 1. The minimum Gasteiger partial charge on any atom is -0.395 e. The molecule has 0 saturated heterocycles. The van der Waals surface area contributed by atoms with Gasteiger partial charge in [0.2, 0.25) is 0 Å². The Morgan fingerprint density at radius 3 is 2.83 bits per heavy atom. The average Bonchev–Trinajstić information content (AvgIpc) is 2.39. The van der Waals surface area contributed by atoms with Gasteiger partial charge in [0.05, 0.1) is 12.1 Å². The largest absolute Gasteiger partial charge is 0.395 e. The normalized spacial score (nSPS) is 12.8. The number of aliphatic hydroxyl groups is 1. The summed E-state index contributed by atoms with van der Waals surface area (Å²) in [4.78, 5) is 4.53. The molecule has 2 rings (SSSR count). The molecule has 96 valence electrons. The Bertz CT molecular complexity index is 521. The minimum absolute atomic E-state index is 0.164. The second kappa shape index (κ2) is 5.94. The molecule has 0 aliphatic carbocycles. The number of fused-ring (bicyclic) bond motifs is 1. The number of rotatable bonds is 5. The summed E-state index contributed by atoms with van der Waals surface area (Å²) in [5.74, 6) is 0. The van der Waals surface area contributed by atoms with Crippen LogP contribution in [-0.2, 0) is 6.54 Å².